The lowest BCUT2D eigenvalue weighted by Gasteiger charge is -2.18. The van der Waals surface area contributed by atoms with Gasteiger partial charge in [-0.2, -0.15) is 13.2 Å². The highest BCUT2D eigenvalue weighted by Crippen LogP contribution is 2.33. The van der Waals surface area contributed by atoms with Crippen molar-refractivity contribution in [3.05, 3.63) is 81.9 Å². The second-order valence-corrected chi connectivity index (χ2v) is 8.10. The fourth-order valence-corrected chi connectivity index (χ4v) is 3.62. The van der Waals surface area contributed by atoms with Crippen molar-refractivity contribution in [2.45, 2.75) is 39.0 Å². The highest BCUT2D eigenvalue weighted by Gasteiger charge is 2.30. The number of rotatable bonds is 8. The summed E-state index contributed by atoms with van der Waals surface area (Å²) in [5, 5.41) is 10.5. The molecule has 0 saturated carbocycles. The molecule has 3 rings (SSSR count). The third-order valence-corrected chi connectivity index (χ3v) is 5.48. The van der Waals surface area contributed by atoms with Crippen LogP contribution in [0.25, 0.3) is 0 Å². The van der Waals surface area contributed by atoms with Gasteiger partial charge in [0.1, 0.15) is 17.3 Å². The highest BCUT2D eigenvalue weighted by molar-refractivity contribution is 6.31. The zero-order valence-corrected chi connectivity index (χ0v) is 20.0. The molecule has 4 N–H and O–H groups in total. The normalized spacial score (nSPS) is 12.0. The van der Waals surface area contributed by atoms with Gasteiger partial charge in [0.2, 0.25) is 0 Å². The lowest BCUT2D eigenvalue weighted by atomic mass is 10.1. The van der Waals surface area contributed by atoms with Crippen LogP contribution in [-0.2, 0) is 19.1 Å². The molecule has 1 heterocycles. The van der Waals surface area contributed by atoms with Crippen molar-refractivity contribution in [2.24, 2.45) is 5.90 Å². The van der Waals surface area contributed by atoms with Crippen LogP contribution in [0.2, 0.25) is 5.02 Å². The van der Waals surface area contributed by atoms with Crippen molar-refractivity contribution in [1.82, 2.24) is 15.3 Å². The molecule has 0 aliphatic rings. The predicted octanol–water partition coefficient (Wildman–Crippen LogP) is 5.83. The van der Waals surface area contributed by atoms with Crippen LogP contribution in [0.3, 0.4) is 0 Å². The van der Waals surface area contributed by atoms with Crippen molar-refractivity contribution in [3.63, 3.8) is 0 Å². The van der Waals surface area contributed by atoms with Crippen molar-refractivity contribution in [1.29, 1.82) is 0 Å². The molecule has 1 atom stereocenters. The van der Waals surface area contributed by atoms with Crippen molar-refractivity contribution < 1.29 is 23.1 Å². The molecule has 0 spiro atoms. The smallest absolute Gasteiger partial charge is 0.416 e. The minimum Gasteiger partial charge on any atom is -0.454 e. The van der Waals surface area contributed by atoms with Crippen LogP contribution in [0, 0.1) is 13.8 Å². The van der Waals surface area contributed by atoms with Gasteiger partial charge in [-0.1, -0.05) is 29.8 Å². The van der Waals surface area contributed by atoms with Gasteiger partial charge in [0, 0.05) is 23.5 Å². The molecule has 11 heteroatoms. The minimum atomic E-state index is -4.46. The van der Waals surface area contributed by atoms with Crippen LogP contribution in [0.5, 0.6) is 11.5 Å². The van der Waals surface area contributed by atoms with Gasteiger partial charge in [-0.25, -0.2) is 15.9 Å². The van der Waals surface area contributed by atoms with Crippen LogP contribution >= 0.6 is 23.2 Å². The lowest BCUT2D eigenvalue weighted by Crippen LogP contribution is -2.33. The molecular formula is C23H25Cl2F3N4O2. The second kappa shape index (κ2) is 12.9. The van der Waals surface area contributed by atoms with Gasteiger partial charge in [-0.05, 0) is 55.7 Å². The number of nitrogens with zero attached hydrogens (tertiary/aromatic N) is 2. The molecule has 2 aromatic carbocycles. The standard InChI is InChI=1S/C23H22Cl2F3N3O.H3NO/c1-14-6-7-16(20(25)8-14)9-18(11-24)30-12-21-22(13-29-15(2)31-21)32-19-5-3-4-17(10-19)23(26,27)28;1-2/h3-8,10,13,18,30H,9,11-12H2,1-2H3;2H,1H2. The van der Waals surface area contributed by atoms with E-state index >= 15 is 0 Å². The van der Waals surface area contributed by atoms with E-state index in [-0.39, 0.29) is 17.5 Å². The van der Waals surface area contributed by atoms with Crippen LogP contribution in [0.1, 0.15) is 28.2 Å². The monoisotopic (exact) mass is 516 g/mol. The molecule has 0 fully saturated rings. The summed E-state index contributed by atoms with van der Waals surface area (Å²) in [6, 6.07) is 10.4. The Morgan fingerprint density at radius 2 is 1.88 bits per heavy atom. The van der Waals surface area contributed by atoms with Crippen LogP contribution in [0.4, 0.5) is 13.2 Å². The largest absolute Gasteiger partial charge is 0.454 e. The van der Waals surface area contributed by atoms with Gasteiger partial charge >= 0.3 is 6.18 Å². The molecule has 0 aliphatic carbocycles. The molecule has 0 amide bonds. The van der Waals surface area contributed by atoms with Crippen molar-refractivity contribution >= 4 is 23.2 Å². The highest BCUT2D eigenvalue weighted by atomic mass is 35.5. The number of nitrogens with one attached hydrogen (secondary N) is 1. The van der Waals surface area contributed by atoms with Gasteiger partial charge in [-0.15, -0.1) is 11.6 Å². The number of aryl methyl sites for hydroxylation is 2. The quantitative estimate of drug-likeness (QED) is 0.257. The molecule has 1 unspecified atom stereocenters. The summed E-state index contributed by atoms with van der Waals surface area (Å²) in [7, 11) is 0. The van der Waals surface area contributed by atoms with E-state index < -0.39 is 11.7 Å². The third-order valence-electron chi connectivity index (χ3n) is 4.76. The number of ether oxygens (including phenoxy) is 1. The fourth-order valence-electron chi connectivity index (χ4n) is 3.09. The first kappa shape index (κ1) is 27.8. The Bertz CT molecular complexity index is 1080. The maximum absolute atomic E-state index is 13.0. The summed E-state index contributed by atoms with van der Waals surface area (Å²) < 4.78 is 44.7. The van der Waals surface area contributed by atoms with Gasteiger partial charge in [0.05, 0.1) is 11.8 Å². The van der Waals surface area contributed by atoms with Crippen LogP contribution in [0.15, 0.2) is 48.7 Å². The Balaban J connectivity index is 0.00000199. The first-order valence-corrected chi connectivity index (χ1v) is 11.0. The molecule has 0 aliphatic heterocycles. The molecule has 34 heavy (non-hydrogen) atoms. The Morgan fingerprint density at radius 3 is 2.53 bits per heavy atom. The lowest BCUT2D eigenvalue weighted by molar-refractivity contribution is -0.137. The summed E-state index contributed by atoms with van der Waals surface area (Å²) in [5.41, 5.74) is 1.76. The van der Waals surface area contributed by atoms with Gasteiger partial charge in [0.25, 0.3) is 0 Å². The molecule has 0 radical (unpaired) electrons. The predicted molar refractivity (Wildman–Crippen MR) is 126 cm³/mol. The van der Waals surface area contributed by atoms with E-state index in [0.29, 0.717) is 35.4 Å². The molecule has 0 bridgehead atoms. The van der Waals surface area contributed by atoms with E-state index in [9.17, 15) is 13.2 Å². The Morgan fingerprint density at radius 1 is 1.15 bits per heavy atom. The third kappa shape index (κ3) is 8.11. The summed E-state index contributed by atoms with van der Waals surface area (Å²) >= 11 is 12.5. The number of benzene rings is 2. The number of aromatic nitrogens is 2. The van der Waals surface area contributed by atoms with E-state index in [1.807, 2.05) is 25.1 Å². The van der Waals surface area contributed by atoms with Crippen LogP contribution in [-0.4, -0.2) is 27.1 Å². The maximum atomic E-state index is 13.0. The first-order chi connectivity index (χ1) is 16.2. The maximum Gasteiger partial charge on any atom is 0.416 e. The first-order valence-electron chi connectivity index (χ1n) is 10.1. The number of alkyl halides is 4. The number of hydrogen-bond acceptors (Lipinski definition) is 6. The SMILES string of the molecule is Cc1ccc(CC(CCl)NCc2nc(C)ncc2Oc2cccc(C(F)(F)F)c2)c(Cl)c1.NO. The number of nitrogens with two attached hydrogens (primary N) is 1. The molecular weight excluding hydrogens is 492 g/mol. The van der Waals surface area contributed by atoms with E-state index in [0.717, 1.165) is 23.3 Å². The van der Waals surface area contributed by atoms with Crippen LogP contribution < -0.4 is 16.0 Å². The Hall–Kier alpha value is -2.43. The molecule has 184 valence electrons. The van der Waals surface area contributed by atoms with Crippen molar-refractivity contribution in [2.75, 3.05) is 5.88 Å². The second-order valence-electron chi connectivity index (χ2n) is 7.39. The van der Waals surface area contributed by atoms with E-state index in [2.05, 4.69) is 21.2 Å². The average Bonchev–Trinajstić information content (AvgIpc) is 2.80. The van der Waals surface area contributed by atoms with Gasteiger partial charge in [-0.3, -0.25) is 0 Å². The van der Waals surface area contributed by atoms with E-state index in [4.69, 9.17) is 33.1 Å². The topological polar surface area (TPSA) is 93.3 Å². The summed E-state index contributed by atoms with van der Waals surface area (Å²) in [4.78, 5) is 8.51. The van der Waals surface area contributed by atoms with E-state index in [1.54, 1.807) is 6.92 Å². The van der Waals surface area contributed by atoms with Gasteiger partial charge in [0.15, 0.2) is 5.75 Å². The summed E-state index contributed by atoms with van der Waals surface area (Å²) in [5.74, 6) is 4.66. The number of hydrogen-bond donors (Lipinski definition) is 3. The van der Waals surface area contributed by atoms with E-state index in [1.165, 1.54) is 18.3 Å². The minimum absolute atomic E-state index is 0.0499. The molecule has 3 aromatic rings. The average molecular weight is 517 g/mol. The summed E-state index contributed by atoms with van der Waals surface area (Å²) in [6.45, 7) is 3.98. The Labute approximate surface area is 205 Å². The molecule has 0 saturated heterocycles. The zero-order chi connectivity index (χ0) is 25.3. The Kier molecular flexibility index (Phi) is 10.5. The fraction of sp³-hybridized carbons (Fsp3) is 0.304. The van der Waals surface area contributed by atoms with Gasteiger partial charge < -0.3 is 15.3 Å². The summed E-state index contributed by atoms with van der Waals surface area (Å²) in [6.07, 6.45) is -2.40. The zero-order valence-electron chi connectivity index (χ0n) is 18.5. The van der Waals surface area contributed by atoms with Crippen molar-refractivity contribution in [3.8, 4) is 11.5 Å². The molecule has 6 nitrogen and oxygen atoms in total. The number of halogens is 5. The molecule has 1 aromatic heterocycles.